The van der Waals surface area contributed by atoms with Gasteiger partial charge in [-0.25, -0.2) is 4.39 Å². The van der Waals surface area contributed by atoms with Crippen molar-refractivity contribution < 1.29 is 19.1 Å². The van der Waals surface area contributed by atoms with Gasteiger partial charge in [-0.3, -0.25) is 14.7 Å². The van der Waals surface area contributed by atoms with E-state index in [-0.39, 0.29) is 11.4 Å². The van der Waals surface area contributed by atoms with Crippen molar-refractivity contribution in [3.05, 3.63) is 41.5 Å². The van der Waals surface area contributed by atoms with Crippen molar-refractivity contribution in [1.82, 2.24) is 10.2 Å². The number of aromatic nitrogens is 2. The zero-order chi connectivity index (χ0) is 13.1. The fourth-order valence-electron chi connectivity index (χ4n) is 1.41. The largest absolute Gasteiger partial charge is 0.507 e. The number of hydrogen-bond donors (Lipinski definition) is 3. The van der Waals surface area contributed by atoms with Crippen LogP contribution in [0.25, 0.3) is 0 Å². The number of carbonyl (C=O) groups is 2. The highest BCUT2D eigenvalue weighted by Gasteiger charge is 2.18. The van der Waals surface area contributed by atoms with Crippen molar-refractivity contribution in [1.29, 1.82) is 0 Å². The minimum Gasteiger partial charge on any atom is -0.507 e. The summed E-state index contributed by atoms with van der Waals surface area (Å²) in [6.07, 6.45) is 1.67. The molecule has 0 unspecified atom stereocenters. The van der Waals surface area contributed by atoms with Gasteiger partial charge in [0.1, 0.15) is 22.8 Å². The van der Waals surface area contributed by atoms with E-state index in [4.69, 9.17) is 0 Å². The topological polar surface area (TPSA) is 95.1 Å². The Kier molecular flexibility index (Phi) is 3.05. The average molecular weight is 249 g/mol. The van der Waals surface area contributed by atoms with Gasteiger partial charge in [-0.2, -0.15) is 5.10 Å². The first-order chi connectivity index (χ1) is 8.63. The highest BCUT2D eigenvalue weighted by atomic mass is 19.1. The molecule has 3 N–H and O–H groups in total. The Labute approximate surface area is 100 Å². The Morgan fingerprint density at radius 2 is 2.28 bits per heavy atom. The minimum absolute atomic E-state index is 0.0548. The van der Waals surface area contributed by atoms with E-state index in [9.17, 15) is 19.1 Å². The number of hydrogen-bond acceptors (Lipinski definition) is 4. The zero-order valence-corrected chi connectivity index (χ0v) is 8.98. The Hall–Kier alpha value is -2.70. The first-order valence-corrected chi connectivity index (χ1v) is 4.91. The van der Waals surface area contributed by atoms with Crippen LogP contribution in [0.3, 0.4) is 0 Å². The van der Waals surface area contributed by atoms with Crippen LogP contribution < -0.4 is 5.32 Å². The molecular weight excluding hydrogens is 241 g/mol. The molecule has 92 valence electrons. The van der Waals surface area contributed by atoms with Crippen molar-refractivity contribution in [2.24, 2.45) is 0 Å². The van der Waals surface area contributed by atoms with E-state index in [0.717, 1.165) is 6.07 Å². The zero-order valence-electron chi connectivity index (χ0n) is 8.98. The van der Waals surface area contributed by atoms with E-state index in [1.165, 1.54) is 18.3 Å². The molecule has 1 aromatic heterocycles. The maximum atomic E-state index is 13.4. The molecule has 0 fully saturated rings. The molecule has 2 rings (SSSR count). The molecule has 18 heavy (non-hydrogen) atoms. The Bertz CT molecular complexity index is 589. The normalized spacial score (nSPS) is 10.1. The summed E-state index contributed by atoms with van der Waals surface area (Å²) in [6.45, 7) is 0. The number of nitrogens with one attached hydrogen (secondary N) is 2. The molecule has 0 aliphatic carbocycles. The van der Waals surface area contributed by atoms with Crippen LogP contribution in [0.5, 0.6) is 5.75 Å². The van der Waals surface area contributed by atoms with Gasteiger partial charge in [0, 0.05) is 0 Å². The molecule has 0 aliphatic heterocycles. The summed E-state index contributed by atoms with van der Waals surface area (Å²) in [6, 6.07) is 3.51. The molecule has 0 bridgehead atoms. The number of benzene rings is 1. The SMILES string of the molecule is O=Cc1[nH]ncc1NC(=O)c1c(O)cccc1F. The first kappa shape index (κ1) is 11.8. The summed E-state index contributed by atoms with van der Waals surface area (Å²) >= 11 is 0. The predicted molar refractivity (Wildman–Crippen MR) is 60.0 cm³/mol. The van der Waals surface area contributed by atoms with Crippen molar-refractivity contribution in [3.8, 4) is 5.75 Å². The number of carbonyl (C=O) groups excluding carboxylic acids is 2. The lowest BCUT2D eigenvalue weighted by Crippen LogP contribution is -2.14. The van der Waals surface area contributed by atoms with E-state index in [1.807, 2.05) is 0 Å². The molecule has 1 heterocycles. The maximum absolute atomic E-state index is 13.4. The molecule has 0 radical (unpaired) electrons. The molecule has 0 atom stereocenters. The third-order valence-corrected chi connectivity index (χ3v) is 2.25. The number of H-pyrrole nitrogens is 1. The van der Waals surface area contributed by atoms with Gasteiger partial charge in [0.25, 0.3) is 5.91 Å². The third-order valence-electron chi connectivity index (χ3n) is 2.25. The first-order valence-electron chi connectivity index (χ1n) is 4.91. The van der Waals surface area contributed by atoms with Crippen LogP contribution in [0.15, 0.2) is 24.4 Å². The number of amides is 1. The number of rotatable bonds is 3. The van der Waals surface area contributed by atoms with Gasteiger partial charge in [0.05, 0.1) is 11.9 Å². The summed E-state index contributed by atoms with van der Waals surface area (Å²) < 4.78 is 13.4. The number of phenols is 1. The van der Waals surface area contributed by atoms with Gasteiger partial charge in [0.15, 0.2) is 6.29 Å². The van der Waals surface area contributed by atoms with Gasteiger partial charge in [-0.1, -0.05) is 6.07 Å². The molecule has 6 nitrogen and oxygen atoms in total. The minimum atomic E-state index is -0.866. The average Bonchev–Trinajstić information content (AvgIpc) is 2.76. The molecule has 0 saturated heterocycles. The van der Waals surface area contributed by atoms with Gasteiger partial charge in [0.2, 0.25) is 0 Å². The second-order valence-corrected chi connectivity index (χ2v) is 3.40. The quantitative estimate of drug-likeness (QED) is 0.715. The van der Waals surface area contributed by atoms with Crippen LogP contribution >= 0.6 is 0 Å². The molecule has 1 amide bonds. The molecule has 0 spiro atoms. The Morgan fingerprint density at radius 1 is 1.50 bits per heavy atom. The molecule has 7 heteroatoms. The smallest absolute Gasteiger partial charge is 0.262 e. The number of anilines is 1. The second kappa shape index (κ2) is 4.66. The molecular formula is C11H8FN3O3. The van der Waals surface area contributed by atoms with Crippen molar-refractivity contribution in [2.45, 2.75) is 0 Å². The van der Waals surface area contributed by atoms with E-state index in [0.29, 0.717) is 6.29 Å². The summed E-state index contributed by atoms with van der Waals surface area (Å²) in [7, 11) is 0. The van der Waals surface area contributed by atoms with Crippen LogP contribution in [0.4, 0.5) is 10.1 Å². The summed E-state index contributed by atoms with van der Waals surface area (Å²) in [5, 5.41) is 17.6. The summed E-state index contributed by atoms with van der Waals surface area (Å²) in [4.78, 5) is 22.3. The monoisotopic (exact) mass is 249 g/mol. The summed E-state index contributed by atoms with van der Waals surface area (Å²) in [5.74, 6) is -2.21. The van der Waals surface area contributed by atoms with E-state index in [1.54, 1.807) is 0 Å². The van der Waals surface area contributed by atoms with E-state index < -0.39 is 23.0 Å². The number of aromatic amines is 1. The second-order valence-electron chi connectivity index (χ2n) is 3.40. The van der Waals surface area contributed by atoms with E-state index >= 15 is 0 Å². The lowest BCUT2D eigenvalue weighted by molar-refractivity contribution is 0.102. The Balaban J connectivity index is 2.31. The van der Waals surface area contributed by atoms with Gasteiger partial charge >= 0.3 is 0 Å². The van der Waals surface area contributed by atoms with Crippen molar-refractivity contribution in [3.63, 3.8) is 0 Å². The number of aldehydes is 1. The van der Waals surface area contributed by atoms with Crippen molar-refractivity contribution in [2.75, 3.05) is 5.32 Å². The van der Waals surface area contributed by atoms with Crippen LogP contribution in [0.2, 0.25) is 0 Å². The van der Waals surface area contributed by atoms with Crippen molar-refractivity contribution >= 4 is 17.9 Å². The number of phenolic OH excluding ortho intramolecular Hbond substituents is 1. The number of aromatic hydroxyl groups is 1. The van der Waals surface area contributed by atoms with Gasteiger partial charge < -0.3 is 10.4 Å². The number of nitrogens with zero attached hydrogens (tertiary/aromatic N) is 1. The lowest BCUT2D eigenvalue weighted by Gasteiger charge is -2.06. The van der Waals surface area contributed by atoms with Crippen LogP contribution in [-0.4, -0.2) is 27.5 Å². The highest BCUT2D eigenvalue weighted by molar-refractivity contribution is 6.07. The van der Waals surface area contributed by atoms with Crippen LogP contribution in [0, 0.1) is 5.82 Å². The molecule has 1 aromatic carbocycles. The van der Waals surface area contributed by atoms with Gasteiger partial charge in [-0.15, -0.1) is 0 Å². The fourth-order valence-corrected chi connectivity index (χ4v) is 1.41. The summed E-state index contributed by atoms with van der Waals surface area (Å²) in [5.41, 5.74) is -0.326. The van der Waals surface area contributed by atoms with Crippen LogP contribution in [-0.2, 0) is 0 Å². The third kappa shape index (κ3) is 2.05. The Morgan fingerprint density at radius 3 is 2.94 bits per heavy atom. The molecule has 2 aromatic rings. The fraction of sp³-hybridized carbons (Fsp3) is 0. The van der Waals surface area contributed by atoms with Gasteiger partial charge in [-0.05, 0) is 12.1 Å². The van der Waals surface area contributed by atoms with E-state index in [2.05, 4.69) is 15.5 Å². The highest BCUT2D eigenvalue weighted by Crippen LogP contribution is 2.21. The predicted octanol–water partition coefficient (Wildman–Crippen LogP) is 1.32. The molecule has 0 aliphatic rings. The lowest BCUT2D eigenvalue weighted by atomic mass is 10.1. The van der Waals surface area contributed by atoms with Crippen LogP contribution in [0.1, 0.15) is 20.8 Å². The number of halogens is 1. The maximum Gasteiger partial charge on any atom is 0.262 e. The molecule has 0 saturated carbocycles. The standard InChI is InChI=1S/C11H8FN3O3/c12-6-2-1-3-9(17)10(6)11(18)14-7-4-13-15-8(7)5-16/h1-5,17H,(H,13,15)(H,14,18).